The molecule has 0 saturated heterocycles. The van der Waals surface area contributed by atoms with Gasteiger partial charge in [0.25, 0.3) is 0 Å². The van der Waals surface area contributed by atoms with Crippen molar-refractivity contribution in [1.82, 2.24) is 5.32 Å². The standard InChI is InChI=1S/C16H18ClNO3/c17-15-3-1-2-4-16(15)21-11-14(20)10-18-9-12-5-7-13(19)8-6-12/h1-8,14,18-20H,9-11H2. The lowest BCUT2D eigenvalue weighted by Gasteiger charge is -2.14. The van der Waals surface area contributed by atoms with E-state index in [9.17, 15) is 10.2 Å². The van der Waals surface area contributed by atoms with Crippen molar-refractivity contribution in [3.63, 3.8) is 0 Å². The molecular formula is C16H18ClNO3. The monoisotopic (exact) mass is 307 g/mol. The minimum atomic E-state index is -0.626. The van der Waals surface area contributed by atoms with Gasteiger partial charge in [-0.15, -0.1) is 0 Å². The van der Waals surface area contributed by atoms with Crippen LogP contribution in [0.3, 0.4) is 0 Å². The van der Waals surface area contributed by atoms with Gasteiger partial charge in [-0.05, 0) is 29.8 Å². The molecule has 1 unspecified atom stereocenters. The van der Waals surface area contributed by atoms with Crippen LogP contribution in [0.15, 0.2) is 48.5 Å². The van der Waals surface area contributed by atoms with Crippen LogP contribution in [0.1, 0.15) is 5.56 Å². The highest BCUT2D eigenvalue weighted by molar-refractivity contribution is 6.32. The second kappa shape index (κ2) is 7.88. The maximum Gasteiger partial charge on any atom is 0.138 e. The molecule has 0 aliphatic rings. The topological polar surface area (TPSA) is 61.7 Å². The molecule has 0 spiro atoms. The number of aliphatic hydroxyl groups is 1. The molecule has 0 radical (unpaired) electrons. The van der Waals surface area contributed by atoms with Gasteiger partial charge in [0, 0.05) is 13.1 Å². The molecule has 0 heterocycles. The molecule has 0 aromatic heterocycles. The summed E-state index contributed by atoms with van der Waals surface area (Å²) in [6.07, 6.45) is -0.626. The van der Waals surface area contributed by atoms with Gasteiger partial charge in [-0.1, -0.05) is 35.9 Å². The third-order valence-electron chi connectivity index (χ3n) is 2.91. The van der Waals surface area contributed by atoms with Crippen LogP contribution >= 0.6 is 11.6 Å². The van der Waals surface area contributed by atoms with E-state index in [0.29, 0.717) is 23.9 Å². The van der Waals surface area contributed by atoms with Crippen LogP contribution in [0.2, 0.25) is 5.02 Å². The molecule has 0 fully saturated rings. The molecule has 2 aromatic rings. The quantitative estimate of drug-likeness (QED) is 0.736. The van der Waals surface area contributed by atoms with Crippen molar-refractivity contribution in [2.45, 2.75) is 12.6 Å². The van der Waals surface area contributed by atoms with Crippen molar-refractivity contribution in [2.75, 3.05) is 13.2 Å². The third-order valence-corrected chi connectivity index (χ3v) is 3.23. The van der Waals surface area contributed by atoms with Crippen LogP contribution in [-0.4, -0.2) is 29.5 Å². The summed E-state index contributed by atoms with van der Waals surface area (Å²) in [5.41, 5.74) is 1.03. The van der Waals surface area contributed by atoms with Gasteiger partial charge in [0.15, 0.2) is 0 Å². The average Bonchev–Trinajstić information content (AvgIpc) is 2.48. The summed E-state index contributed by atoms with van der Waals surface area (Å²) in [5, 5.41) is 22.7. The lowest BCUT2D eigenvalue weighted by molar-refractivity contribution is 0.106. The number of aromatic hydroxyl groups is 1. The van der Waals surface area contributed by atoms with Crippen LogP contribution in [0, 0.1) is 0 Å². The summed E-state index contributed by atoms with van der Waals surface area (Å²) in [4.78, 5) is 0. The van der Waals surface area contributed by atoms with Crippen molar-refractivity contribution in [3.8, 4) is 11.5 Å². The number of benzene rings is 2. The lowest BCUT2D eigenvalue weighted by Crippen LogP contribution is -2.31. The molecule has 0 aliphatic heterocycles. The second-order valence-corrected chi connectivity index (χ2v) is 5.10. The van der Waals surface area contributed by atoms with E-state index in [4.69, 9.17) is 16.3 Å². The first-order chi connectivity index (χ1) is 10.1. The number of nitrogens with one attached hydrogen (secondary N) is 1. The zero-order valence-corrected chi connectivity index (χ0v) is 12.3. The summed E-state index contributed by atoms with van der Waals surface area (Å²) in [6, 6.07) is 14.1. The van der Waals surface area contributed by atoms with Gasteiger partial charge < -0.3 is 20.3 Å². The lowest BCUT2D eigenvalue weighted by atomic mass is 10.2. The smallest absolute Gasteiger partial charge is 0.138 e. The SMILES string of the molecule is Oc1ccc(CNCC(O)COc2ccccc2Cl)cc1. The predicted octanol–water partition coefficient (Wildman–Crippen LogP) is 2.58. The Morgan fingerprint density at radius 2 is 1.81 bits per heavy atom. The van der Waals surface area contributed by atoms with Gasteiger partial charge >= 0.3 is 0 Å². The Balaban J connectivity index is 1.69. The van der Waals surface area contributed by atoms with Crippen LogP contribution in [0.25, 0.3) is 0 Å². The van der Waals surface area contributed by atoms with Gasteiger partial charge in [0.2, 0.25) is 0 Å². The Morgan fingerprint density at radius 1 is 1.10 bits per heavy atom. The Morgan fingerprint density at radius 3 is 2.52 bits per heavy atom. The number of phenols is 1. The number of aliphatic hydroxyl groups excluding tert-OH is 1. The van der Waals surface area contributed by atoms with Crippen molar-refractivity contribution in [3.05, 3.63) is 59.1 Å². The molecule has 0 aliphatic carbocycles. The summed E-state index contributed by atoms with van der Waals surface area (Å²) < 4.78 is 5.46. The Bertz CT molecular complexity index is 560. The number of hydrogen-bond donors (Lipinski definition) is 3. The number of phenolic OH excluding ortho intramolecular Hbond substituents is 1. The van der Waals surface area contributed by atoms with Crippen molar-refractivity contribution >= 4 is 11.6 Å². The molecule has 2 rings (SSSR count). The Labute approximate surface area is 129 Å². The maximum atomic E-state index is 9.85. The fourth-order valence-electron chi connectivity index (χ4n) is 1.80. The van der Waals surface area contributed by atoms with E-state index in [1.807, 2.05) is 24.3 Å². The van der Waals surface area contributed by atoms with E-state index in [2.05, 4.69) is 5.32 Å². The highest BCUT2D eigenvalue weighted by Gasteiger charge is 2.06. The van der Waals surface area contributed by atoms with Crippen molar-refractivity contribution in [2.24, 2.45) is 0 Å². The summed E-state index contributed by atoms with van der Waals surface area (Å²) in [7, 11) is 0. The van der Waals surface area contributed by atoms with Gasteiger partial charge in [0.05, 0.1) is 5.02 Å². The summed E-state index contributed by atoms with van der Waals surface area (Å²) >= 11 is 5.96. The minimum absolute atomic E-state index is 0.173. The summed E-state index contributed by atoms with van der Waals surface area (Å²) in [5.74, 6) is 0.809. The number of hydrogen-bond acceptors (Lipinski definition) is 4. The molecule has 3 N–H and O–H groups in total. The Hall–Kier alpha value is -1.75. The van der Waals surface area contributed by atoms with E-state index in [1.54, 1.807) is 24.3 Å². The molecule has 5 heteroatoms. The number of ether oxygens (including phenoxy) is 1. The molecule has 0 amide bonds. The largest absolute Gasteiger partial charge is 0.508 e. The van der Waals surface area contributed by atoms with Gasteiger partial charge in [-0.2, -0.15) is 0 Å². The molecular weight excluding hydrogens is 290 g/mol. The van der Waals surface area contributed by atoms with Crippen LogP contribution < -0.4 is 10.1 Å². The first-order valence-corrected chi connectivity index (χ1v) is 7.07. The third kappa shape index (κ3) is 5.27. The van der Waals surface area contributed by atoms with E-state index >= 15 is 0 Å². The molecule has 112 valence electrons. The van der Waals surface area contributed by atoms with Gasteiger partial charge in [-0.25, -0.2) is 0 Å². The first-order valence-electron chi connectivity index (χ1n) is 6.69. The van der Waals surface area contributed by atoms with E-state index < -0.39 is 6.10 Å². The highest BCUT2D eigenvalue weighted by atomic mass is 35.5. The molecule has 4 nitrogen and oxygen atoms in total. The molecule has 21 heavy (non-hydrogen) atoms. The highest BCUT2D eigenvalue weighted by Crippen LogP contribution is 2.23. The van der Waals surface area contributed by atoms with Gasteiger partial charge in [-0.3, -0.25) is 0 Å². The number of halogens is 1. The second-order valence-electron chi connectivity index (χ2n) is 4.69. The normalized spacial score (nSPS) is 12.1. The average molecular weight is 308 g/mol. The number of rotatable bonds is 7. The zero-order chi connectivity index (χ0) is 15.1. The predicted molar refractivity (Wildman–Crippen MR) is 82.8 cm³/mol. The summed E-state index contributed by atoms with van der Waals surface area (Å²) in [6.45, 7) is 1.20. The molecule has 0 bridgehead atoms. The van der Waals surface area contributed by atoms with E-state index in [-0.39, 0.29) is 12.4 Å². The fraction of sp³-hybridized carbons (Fsp3) is 0.250. The van der Waals surface area contributed by atoms with E-state index in [1.165, 1.54) is 0 Å². The zero-order valence-electron chi connectivity index (χ0n) is 11.5. The maximum absolute atomic E-state index is 9.85. The van der Waals surface area contributed by atoms with Crippen molar-refractivity contribution < 1.29 is 14.9 Å². The van der Waals surface area contributed by atoms with Crippen molar-refractivity contribution in [1.29, 1.82) is 0 Å². The Kier molecular flexibility index (Phi) is 5.87. The van der Waals surface area contributed by atoms with Crippen LogP contribution in [0.4, 0.5) is 0 Å². The first kappa shape index (κ1) is 15.6. The van der Waals surface area contributed by atoms with Crippen LogP contribution in [0.5, 0.6) is 11.5 Å². The fourth-order valence-corrected chi connectivity index (χ4v) is 1.99. The van der Waals surface area contributed by atoms with Gasteiger partial charge in [0.1, 0.15) is 24.2 Å². The van der Waals surface area contributed by atoms with E-state index in [0.717, 1.165) is 5.56 Å². The van der Waals surface area contributed by atoms with Crippen LogP contribution in [-0.2, 0) is 6.54 Å². The molecule has 0 saturated carbocycles. The molecule has 1 atom stereocenters. The number of para-hydroxylation sites is 1. The molecule has 2 aromatic carbocycles. The minimum Gasteiger partial charge on any atom is -0.508 e.